The molecule has 28 heavy (non-hydrogen) atoms. The third kappa shape index (κ3) is 2.92. The molecule has 1 heterocycles. The molecule has 3 fully saturated rings. The average Bonchev–Trinajstić information content (AvgIpc) is 2.76. The molecule has 0 saturated heterocycles. The zero-order chi connectivity index (χ0) is 19.1. The van der Waals surface area contributed by atoms with Gasteiger partial charge in [0.1, 0.15) is 0 Å². The van der Waals surface area contributed by atoms with E-state index in [4.69, 9.17) is 4.98 Å². The van der Waals surface area contributed by atoms with Crippen LogP contribution < -0.4 is 10.6 Å². The van der Waals surface area contributed by atoms with Crippen molar-refractivity contribution < 1.29 is 0 Å². The van der Waals surface area contributed by atoms with Crippen LogP contribution in [0.5, 0.6) is 0 Å². The van der Waals surface area contributed by atoms with E-state index in [1.807, 2.05) is 12.3 Å². The van der Waals surface area contributed by atoms with Gasteiger partial charge in [0.05, 0.1) is 0 Å². The highest BCUT2D eigenvalue weighted by atomic mass is 31.1. The summed E-state index contributed by atoms with van der Waals surface area (Å²) in [6, 6.07) is 29.0. The van der Waals surface area contributed by atoms with Gasteiger partial charge in [-0.2, -0.15) is 0 Å². The van der Waals surface area contributed by atoms with Gasteiger partial charge in [0.15, 0.2) is 0 Å². The third-order valence-electron chi connectivity index (χ3n) is 7.34. The summed E-state index contributed by atoms with van der Waals surface area (Å²) in [5.41, 5.74) is 2.40. The molecule has 2 heteroatoms. The molecular formula is C26H28NP. The third-order valence-corrected chi connectivity index (χ3v) is 10.4. The number of pyridine rings is 1. The Kier molecular flexibility index (Phi) is 4.60. The standard InChI is InChI=1S/C26H28NP/c1-26(2)19-17-22(24-15-9-10-16-27-24)25(23(26)18-19)28(20-11-5-3-6-12-20)21-13-7-4-8-14-21/h3-16,19,22-23,25H,17-18H2,1-2H3/t19?,22-,23-,25-/m1/s1. The predicted octanol–water partition coefficient (Wildman–Crippen LogP) is 5.73. The van der Waals surface area contributed by atoms with E-state index in [1.54, 1.807) is 0 Å². The van der Waals surface area contributed by atoms with Crippen LogP contribution in [0, 0.1) is 17.3 Å². The van der Waals surface area contributed by atoms with Gasteiger partial charge in [0.2, 0.25) is 0 Å². The summed E-state index contributed by atoms with van der Waals surface area (Å²) >= 11 is 0. The SMILES string of the molecule is CC1(C)C2C[C@H](c3ccccn3)[C@@H](P(c3ccccc3)c3ccccc3)[C@H]1C2. The molecule has 1 nitrogen and oxygen atoms in total. The molecular weight excluding hydrogens is 357 g/mol. The lowest BCUT2D eigenvalue weighted by Crippen LogP contribution is -2.58. The van der Waals surface area contributed by atoms with Crippen molar-refractivity contribution in [2.75, 3.05) is 0 Å². The fourth-order valence-electron chi connectivity index (χ4n) is 5.68. The topological polar surface area (TPSA) is 12.9 Å². The highest BCUT2D eigenvalue weighted by Crippen LogP contribution is 2.69. The van der Waals surface area contributed by atoms with Gasteiger partial charge in [0.25, 0.3) is 0 Å². The number of hydrogen-bond donors (Lipinski definition) is 0. The molecule has 1 aromatic heterocycles. The van der Waals surface area contributed by atoms with Gasteiger partial charge in [-0.1, -0.05) is 80.6 Å². The minimum atomic E-state index is -0.432. The predicted molar refractivity (Wildman–Crippen MR) is 120 cm³/mol. The summed E-state index contributed by atoms with van der Waals surface area (Å²) in [5, 5.41) is 3.02. The second-order valence-electron chi connectivity index (χ2n) is 8.99. The molecule has 142 valence electrons. The highest BCUT2D eigenvalue weighted by Gasteiger charge is 2.60. The van der Waals surface area contributed by atoms with Gasteiger partial charge >= 0.3 is 0 Å². The number of rotatable bonds is 4. The molecule has 1 unspecified atom stereocenters. The van der Waals surface area contributed by atoms with Gasteiger partial charge in [0, 0.05) is 17.8 Å². The molecule has 3 saturated carbocycles. The average molecular weight is 385 g/mol. The molecule has 0 spiro atoms. The summed E-state index contributed by atoms with van der Waals surface area (Å²) in [5.74, 6) is 2.17. The van der Waals surface area contributed by atoms with E-state index in [0.717, 1.165) is 11.8 Å². The smallest absolute Gasteiger partial charge is 0.0441 e. The summed E-state index contributed by atoms with van der Waals surface area (Å²) in [6.07, 6.45) is 4.65. The lowest BCUT2D eigenvalue weighted by molar-refractivity contribution is -0.0704. The van der Waals surface area contributed by atoms with Crippen LogP contribution >= 0.6 is 7.92 Å². The summed E-state index contributed by atoms with van der Waals surface area (Å²) in [7, 11) is -0.432. The second-order valence-corrected chi connectivity index (χ2v) is 11.4. The lowest BCUT2D eigenvalue weighted by atomic mass is 9.46. The van der Waals surface area contributed by atoms with E-state index < -0.39 is 7.92 Å². The Hall–Kier alpha value is -1.98. The highest BCUT2D eigenvalue weighted by molar-refractivity contribution is 7.73. The maximum absolute atomic E-state index is 4.84. The molecule has 3 aromatic rings. The fourth-order valence-corrected chi connectivity index (χ4v) is 9.16. The Morgan fingerprint density at radius 2 is 1.39 bits per heavy atom. The van der Waals surface area contributed by atoms with Gasteiger partial charge in [-0.15, -0.1) is 0 Å². The van der Waals surface area contributed by atoms with Crippen molar-refractivity contribution in [3.05, 3.63) is 90.8 Å². The van der Waals surface area contributed by atoms with E-state index in [0.29, 0.717) is 17.0 Å². The van der Waals surface area contributed by atoms with E-state index in [2.05, 4.69) is 86.6 Å². The Morgan fingerprint density at radius 3 is 1.93 bits per heavy atom. The van der Waals surface area contributed by atoms with Crippen molar-refractivity contribution in [2.24, 2.45) is 17.3 Å². The monoisotopic (exact) mass is 385 g/mol. The van der Waals surface area contributed by atoms with Crippen LogP contribution in [0.3, 0.4) is 0 Å². The molecule has 3 aliphatic carbocycles. The first kappa shape index (κ1) is 18.1. The molecule has 2 aromatic carbocycles. The Morgan fingerprint density at radius 1 is 0.786 bits per heavy atom. The molecule has 2 bridgehead atoms. The van der Waals surface area contributed by atoms with E-state index in [-0.39, 0.29) is 0 Å². The molecule has 0 aliphatic heterocycles. The summed E-state index contributed by atoms with van der Waals surface area (Å²) in [6.45, 7) is 5.02. The maximum Gasteiger partial charge on any atom is 0.0441 e. The molecule has 6 rings (SSSR count). The van der Waals surface area contributed by atoms with Crippen molar-refractivity contribution in [3.63, 3.8) is 0 Å². The summed E-state index contributed by atoms with van der Waals surface area (Å²) in [4.78, 5) is 4.84. The lowest BCUT2D eigenvalue weighted by Gasteiger charge is -2.64. The first-order chi connectivity index (χ1) is 13.7. The Labute approximate surface area is 170 Å². The second kappa shape index (κ2) is 7.12. The van der Waals surface area contributed by atoms with Crippen LogP contribution in [-0.4, -0.2) is 10.6 Å². The van der Waals surface area contributed by atoms with E-state index in [1.165, 1.54) is 29.1 Å². The molecule has 4 atom stereocenters. The molecule has 0 amide bonds. The molecule has 0 N–H and O–H groups in total. The quantitative estimate of drug-likeness (QED) is 0.523. The number of hydrogen-bond acceptors (Lipinski definition) is 1. The number of fused-ring (bicyclic) bond motifs is 2. The number of benzene rings is 2. The van der Waals surface area contributed by atoms with Crippen molar-refractivity contribution >= 4 is 18.5 Å². The zero-order valence-electron chi connectivity index (χ0n) is 16.7. The van der Waals surface area contributed by atoms with Crippen molar-refractivity contribution in [1.82, 2.24) is 4.98 Å². The Bertz CT molecular complexity index is 883. The maximum atomic E-state index is 4.84. The van der Waals surface area contributed by atoms with Gasteiger partial charge in [-0.05, 0) is 66.4 Å². The van der Waals surface area contributed by atoms with Gasteiger partial charge in [-0.25, -0.2) is 0 Å². The van der Waals surface area contributed by atoms with Crippen molar-refractivity contribution in [2.45, 2.75) is 38.3 Å². The molecule has 3 aliphatic rings. The van der Waals surface area contributed by atoms with Crippen LogP contribution in [0.1, 0.15) is 38.3 Å². The summed E-state index contributed by atoms with van der Waals surface area (Å²) < 4.78 is 0. The largest absolute Gasteiger partial charge is 0.261 e. The van der Waals surface area contributed by atoms with Gasteiger partial charge < -0.3 is 0 Å². The normalized spacial score (nSPS) is 28.0. The van der Waals surface area contributed by atoms with Crippen molar-refractivity contribution in [3.8, 4) is 0 Å². The number of nitrogens with zero attached hydrogens (tertiary/aromatic N) is 1. The van der Waals surface area contributed by atoms with Crippen LogP contribution in [-0.2, 0) is 0 Å². The minimum absolute atomic E-state index is 0.432. The van der Waals surface area contributed by atoms with E-state index in [9.17, 15) is 0 Å². The van der Waals surface area contributed by atoms with Gasteiger partial charge in [-0.3, -0.25) is 4.98 Å². The fraction of sp³-hybridized carbons (Fsp3) is 0.346. The van der Waals surface area contributed by atoms with Crippen molar-refractivity contribution in [1.29, 1.82) is 0 Å². The minimum Gasteiger partial charge on any atom is -0.261 e. The first-order valence-corrected chi connectivity index (χ1v) is 11.9. The van der Waals surface area contributed by atoms with Crippen LogP contribution in [0.25, 0.3) is 0 Å². The van der Waals surface area contributed by atoms with E-state index >= 15 is 0 Å². The van der Waals surface area contributed by atoms with Crippen LogP contribution in [0.2, 0.25) is 0 Å². The Balaban J connectivity index is 1.65. The number of aromatic nitrogens is 1. The molecule has 0 radical (unpaired) electrons. The van der Waals surface area contributed by atoms with Crippen LogP contribution in [0.4, 0.5) is 0 Å². The van der Waals surface area contributed by atoms with Crippen LogP contribution in [0.15, 0.2) is 85.1 Å². The zero-order valence-corrected chi connectivity index (χ0v) is 17.6. The first-order valence-electron chi connectivity index (χ1n) is 10.5.